The summed E-state index contributed by atoms with van der Waals surface area (Å²) in [6.45, 7) is 1.46. The standard InChI is InChI=1S/C4H8N2O2/c7-5-1-2-6(8)4-3-5/h1-4H2/q-2. The van der Waals surface area contributed by atoms with Crippen molar-refractivity contribution in [3.05, 3.63) is 10.4 Å². The smallest absolute Gasteiger partial charge is 0.00232 e. The lowest BCUT2D eigenvalue weighted by molar-refractivity contribution is 0.219. The van der Waals surface area contributed by atoms with Gasteiger partial charge in [-0.1, -0.05) is 0 Å². The molecule has 48 valence electrons. The molecule has 1 heterocycles. The molecule has 0 atom stereocenters. The quantitative estimate of drug-likeness (QED) is 0.432. The minimum absolute atomic E-state index is 0.365. The van der Waals surface area contributed by atoms with Crippen molar-refractivity contribution in [2.75, 3.05) is 26.2 Å². The van der Waals surface area contributed by atoms with E-state index in [9.17, 15) is 10.4 Å². The summed E-state index contributed by atoms with van der Waals surface area (Å²) in [6, 6.07) is 0. The van der Waals surface area contributed by atoms with E-state index < -0.39 is 0 Å². The van der Waals surface area contributed by atoms with Gasteiger partial charge >= 0.3 is 0 Å². The third-order valence-corrected chi connectivity index (χ3v) is 1.20. The second-order valence-corrected chi connectivity index (χ2v) is 1.86. The van der Waals surface area contributed by atoms with E-state index in [4.69, 9.17) is 0 Å². The van der Waals surface area contributed by atoms with Crippen LogP contribution in [0.1, 0.15) is 0 Å². The molecule has 0 aromatic carbocycles. The average molecular weight is 116 g/mol. The summed E-state index contributed by atoms with van der Waals surface area (Å²) >= 11 is 0. The Labute approximate surface area is 47.8 Å². The monoisotopic (exact) mass is 116 g/mol. The summed E-state index contributed by atoms with van der Waals surface area (Å²) in [5, 5.41) is 22.5. The summed E-state index contributed by atoms with van der Waals surface area (Å²) in [7, 11) is 0. The van der Waals surface area contributed by atoms with Crippen molar-refractivity contribution in [3.8, 4) is 0 Å². The summed E-state index contributed by atoms with van der Waals surface area (Å²) in [6.07, 6.45) is 0. The van der Waals surface area contributed by atoms with E-state index in [0.29, 0.717) is 26.2 Å². The molecule has 0 amide bonds. The Morgan fingerprint density at radius 1 is 0.750 bits per heavy atom. The zero-order valence-corrected chi connectivity index (χ0v) is 4.54. The second-order valence-electron chi connectivity index (χ2n) is 1.86. The normalized spacial score (nSPS) is 26.2. The van der Waals surface area contributed by atoms with E-state index in [1.54, 1.807) is 0 Å². The third-order valence-electron chi connectivity index (χ3n) is 1.20. The number of hydrogen-bond donors (Lipinski definition) is 0. The maximum atomic E-state index is 10.4. The molecule has 1 rings (SSSR count). The highest BCUT2D eigenvalue weighted by Gasteiger charge is 1.99. The largest absolute Gasteiger partial charge is 0.785 e. The highest BCUT2D eigenvalue weighted by atomic mass is 16.5. The van der Waals surface area contributed by atoms with Gasteiger partial charge in [0.15, 0.2) is 0 Å². The Morgan fingerprint density at radius 3 is 1.25 bits per heavy atom. The van der Waals surface area contributed by atoms with Crippen molar-refractivity contribution in [2.24, 2.45) is 0 Å². The maximum Gasteiger partial charge on any atom is -0.00232 e. The zero-order valence-electron chi connectivity index (χ0n) is 4.54. The van der Waals surface area contributed by atoms with E-state index in [1.807, 2.05) is 0 Å². The minimum Gasteiger partial charge on any atom is -0.785 e. The Balaban J connectivity index is 2.19. The first-order valence-electron chi connectivity index (χ1n) is 2.63. The second kappa shape index (κ2) is 2.41. The first-order chi connectivity index (χ1) is 3.79. The summed E-state index contributed by atoms with van der Waals surface area (Å²) in [5.74, 6) is 0. The average Bonchev–Trinajstić information content (AvgIpc) is 1.77. The molecule has 0 bridgehead atoms. The van der Waals surface area contributed by atoms with Crippen LogP contribution in [-0.4, -0.2) is 36.3 Å². The van der Waals surface area contributed by atoms with Crippen molar-refractivity contribution >= 4 is 0 Å². The van der Waals surface area contributed by atoms with E-state index in [1.165, 1.54) is 0 Å². The lowest BCUT2D eigenvalue weighted by Gasteiger charge is -2.41. The molecular weight excluding hydrogens is 108 g/mol. The van der Waals surface area contributed by atoms with Gasteiger partial charge in [-0.2, -0.15) is 0 Å². The zero-order chi connectivity index (χ0) is 5.98. The van der Waals surface area contributed by atoms with Crippen LogP contribution < -0.4 is 0 Å². The van der Waals surface area contributed by atoms with E-state index in [0.717, 1.165) is 10.1 Å². The van der Waals surface area contributed by atoms with Crippen LogP contribution >= 0.6 is 0 Å². The van der Waals surface area contributed by atoms with Gasteiger partial charge in [-0.15, -0.1) is 0 Å². The number of hydrogen-bond acceptors (Lipinski definition) is 4. The van der Waals surface area contributed by atoms with E-state index in [2.05, 4.69) is 0 Å². The Hall–Kier alpha value is -0.160. The third kappa shape index (κ3) is 1.41. The van der Waals surface area contributed by atoms with Gasteiger partial charge in [-0.25, -0.2) is 0 Å². The van der Waals surface area contributed by atoms with Gasteiger partial charge in [0.25, 0.3) is 0 Å². The molecular formula is C4H8N2O2-2. The van der Waals surface area contributed by atoms with Gasteiger partial charge in [-0.05, 0) is 26.2 Å². The van der Waals surface area contributed by atoms with Gasteiger partial charge in [0.1, 0.15) is 0 Å². The lowest BCUT2D eigenvalue weighted by Crippen LogP contribution is -2.40. The van der Waals surface area contributed by atoms with Crippen molar-refractivity contribution in [1.82, 2.24) is 10.1 Å². The molecule has 0 radical (unpaired) electrons. The predicted molar refractivity (Wildman–Crippen MR) is 29.9 cm³/mol. The number of nitrogens with zero attached hydrogens (tertiary/aromatic N) is 2. The van der Waals surface area contributed by atoms with Crippen LogP contribution in [0.25, 0.3) is 0 Å². The number of piperazine rings is 1. The summed E-state index contributed by atoms with van der Waals surface area (Å²) in [5.41, 5.74) is 0. The fraction of sp³-hybridized carbons (Fsp3) is 1.00. The van der Waals surface area contributed by atoms with Gasteiger partial charge in [0.2, 0.25) is 0 Å². The molecule has 0 saturated carbocycles. The Morgan fingerprint density at radius 2 is 1.00 bits per heavy atom. The molecule has 1 aliphatic heterocycles. The highest BCUT2D eigenvalue weighted by Crippen LogP contribution is 1.95. The molecule has 0 unspecified atom stereocenters. The van der Waals surface area contributed by atoms with Crippen molar-refractivity contribution in [1.29, 1.82) is 0 Å². The fourth-order valence-corrected chi connectivity index (χ4v) is 0.670. The molecule has 1 saturated heterocycles. The van der Waals surface area contributed by atoms with E-state index in [-0.39, 0.29) is 0 Å². The van der Waals surface area contributed by atoms with Crippen LogP contribution in [0, 0.1) is 10.4 Å². The van der Waals surface area contributed by atoms with Crippen LogP contribution in [0.2, 0.25) is 0 Å². The Bertz CT molecular complexity index is 60.4. The molecule has 0 spiro atoms. The lowest BCUT2D eigenvalue weighted by atomic mass is 10.4. The highest BCUT2D eigenvalue weighted by molar-refractivity contribution is 4.71. The molecule has 0 aromatic rings. The molecule has 8 heavy (non-hydrogen) atoms. The minimum atomic E-state index is 0.365. The molecule has 0 aromatic heterocycles. The number of rotatable bonds is 0. The first-order valence-corrected chi connectivity index (χ1v) is 2.63. The molecule has 0 N–H and O–H groups in total. The van der Waals surface area contributed by atoms with Gasteiger partial charge in [0.05, 0.1) is 0 Å². The fourth-order valence-electron chi connectivity index (χ4n) is 0.670. The predicted octanol–water partition coefficient (Wildman–Crippen LogP) is -0.400. The molecule has 4 nitrogen and oxygen atoms in total. The van der Waals surface area contributed by atoms with Crippen molar-refractivity contribution in [3.63, 3.8) is 0 Å². The van der Waals surface area contributed by atoms with E-state index >= 15 is 0 Å². The van der Waals surface area contributed by atoms with Crippen LogP contribution in [-0.2, 0) is 0 Å². The SMILES string of the molecule is [O-]N1CCN([O-])CC1. The first kappa shape index (κ1) is 5.97. The Kier molecular flexibility index (Phi) is 1.80. The molecule has 0 aliphatic carbocycles. The summed E-state index contributed by atoms with van der Waals surface area (Å²) in [4.78, 5) is 0. The molecule has 1 fully saturated rings. The van der Waals surface area contributed by atoms with Crippen LogP contribution in [0.15, 0.2) is 0 Å². The molecule has 1 aliphatic rings. The topological polar surface area (TPSA) is 52.6 Å². The van der Waals surface area contributed by atoms with Crippen LogP contribution in [0.3, 0.4) is 0 Å². The van der Waals surface area contributed by atoms with Gasteiger partial charge in [-0.3, -0.25) is 0 Å². The van der Waals surface area contributed by atoms with Crippen molar-refractivity contribution < 1.29 is 0 Å². The summed E-state index contributed by atoms with van der Waals surface area (Å²) < 4.78 is 0. The van der Waals surface area contributed by atoms with Crippen LogP contribution in [0.4, 0.5) is 0 Å². The maximum absolute atomic E-state index is 10.4. The number of hydroxylamine groups is 4. The molecule has 4 heteroatoms. The van der Waals surface area contributed by atoms with Crippen molar-refractivity contribution in [2.45, 2.75) is 0 Å². The van der Waals surface area contributed by atoms with Gasteiger partial charge in [0, 0.05) is 0 Å². The van der Waals surface area contributed by atoms with Gasteiger partial charge < -0.3 is 20.5 Å². The van der Waals surface area contributed by atoms with Crippen LogP contribution in [0.5, 0.6) is 0 Å².